The van der Waals surface area contributed by atoms with E-state index < -0.39 is 17.5 Å². The number of hydrogen-bond donors (Lipinski definition) is 1. The highest BCUT2D eigenvalue weighted by Gasteiger charge is 2.18. The molecule has 2 rings (SSSR count). The van der Waals surface area contributed by atoms with Crippen LogP contribution in [0.4, 0.5) is 13.2 Å². The molecule has 0 saturated carbocycles. The summed E-state index contributed by atoms with van der Waals surface area (Å²) in [5.74, 6) is -3.13. The van der Waals surface area contributed by atoms with E-state index in [4.69, 9.17) is 4.42 Å². The Bertz CT molecular complexity index is 576. The van der Waals surface area contributed by atoms with E-state index in [-0.39, 0.29) is 17.4 Å². The lowest BCUT2D eigenvalue weighted by atomic mass is 10.1. The number of hydrogen-bond acceptors (Lipinski definition) is 2. The van der Waals surface area contributed by atoms with E-state index in [2.05, 4.69) is 5.32 Å². The number of halogens is 3. The van der Waals surface area contributed by atoms with Crippen LogP contribution < -0.4 is 5.32 Å². The molecule has 1 N–H and O–H groups in total. The summed E-state index contributed by atoms with van der Waals surface area (Å²) in [4.78, 5) is 0. The summed E-state index contributed by atoms with van der Waals surface area (Å²) in [5, 5.41) is 3.05. The van der Waals surface area contributed by atoms with Gasteiger partial charge in [-0.15, -0.1) is 0 Å². The molecule has 1 atom stereocenters. The Morgan fingerprint density at radius 3 is 2.47 bits per heavy atom. The van der Waals surface area contributed by atoms with E-state index in [9.17, 15) is 13.2 Å². The molecular formula is C14H14F3NO. The van der Waals surface area contributed by atoms with Crippen LogP contribution in [0.15, 0.2) is 28.7 Å². The molecular weight excluding hydrogens is 255 g/mol. The van der Waals surface area contributed by atoms with Gasteiger partial charge >= 0.3 is 0 Å². The van der Waals surface area contributed by atoms with Gasteiger partial charge in [-0.1, -0.05) is 6.92 Å². The van der Waals surface area contributed by atoms with Gasteiger partial charge in [-0.25, -0.2) is 13.2 Å². The van der Waals surface area contributed by atoms with E-state index in [1.54, 1.807) is 19.2 Å². The molecule has 0 radical (unpaired) electrons. The van der Waals surface area contributed by atoms with Gasteiger partial charge in [0.2, 0.25) is 0 Å². The molecule has 1 aromatic carbocycles. The van der Waals surface area contributed by atoms with Crippen molar-refractivity contribution in [2.45, 2.75) is 19.4 Å². The minimum Gasteiger partial charge on any atom is -0.459 e. The minimum absolute atomic E-state index is 0.00195. The first-order valence-electron chi connectivity index (χ1n) is 5.99. The summed E-state index contributed by atoms with van der Waals surface area (Å²) in [5.41, 5.74) is -0.0869. The van der Waals surface area contributed by atoms with E-state index in [1.807, 2.05) is 6.92 Å². The fraction of sp³-hybridized carbons (Fsp3) is 0.286. The van der Waals surface area contributed by atoms with Crippen LogP contribution in [-0.2, 0) is 0 Å². The van der Waals surface area contributed by atoms with Crippen molar-refractivity contribution in [2.75, 3.05) is 7.05 Å². The SMILES string of the molecule is CCC(NC)c1ccc(-c2ccc(F)c(F)c2F)o1. The fourth-order valence-electron chi connectivity index (χ4n) is 1.95. The summed E-state index contributed by atoms with van der Waals surface area (Å²) >= 11 is 0. The third-order valence-corrected chi connectivity index (χ3v) is 3.03. The van der Waals surface area contributed by atoms with Crippen LogP contribution in [0.5, 0.6) is 0 Å². The third kappa shape index (κ3) is 2.51. The lowest BCUT2D eigenvalue weighted by molar-refractivity contribution is 0.424. The van der Waals surface area contributed by atoms with Gasteiger partial charge in [0.25, 0.3) is 0 Å². The van der Waals surface area contributed by atoms with Gasteiger partial charge in [-0.2, -0.15) is 0 Å². The Labute approximate surface area is 109 Å². The van der Waals surface area contributed by atoms with E-state index >= 15 is 0 Å². The van der Waals surface area contributed by atoms with Gasteiger partial charge in [0.15, 0.2) is 17.5 Å². The summed E-state index contributed by atoms with van der Waals surface area (Å²) in [7, 11) is 1.79. The van der Waals surface area contributed by atoms with Gasteiger partial charge < -0.3 is 9.73 Å². The second-order valence-corrected chi connectivity index (χ2v) is 4.17. The Morgan fingerprint density at radius 2 is 1.84 bits per heavy atom. The lowest BCUT2D eigenvalue weighted by Gasteiger charge is -2.10. The van der Waals surface area contributed by atoms with Gasteiger partial charge in [0.05, 0.1) is 11.6 Å². The molecule has 5 heteroatoms. The van der Waals surface area contributed by atoms with Crippen LogP contribution in [0.3, 0.4) is 0 Å². The molecule has 2 nitrogen and oxygen atoms in total. The highest BCUT2D eigenvalue weighted by Crippen LogP contribution is 2.30. The van der Waals surface area contributed by atoms with Crippen molar-refractivity contribution in [3.05, 3.63) is 47.5 Å². The normalized spacial score (nSPS) is 12.7. The number of furan rings is 1. The molecule has 0 fully saturated rings. The Balaban J connectivity index is 2.41. The van der Waals surface area contributed by atoms with Crippen molar-refractivity contribution in [1.82, 2.24) is 5.32 Å². The van der Waals surface area contributed by atoms with Gasteiger partial charge in [-0.3, -0.25) is 0 Å². The zero-order valence-electron chi connectivity index (χ0n) is 10.6. The molecule has 0 aliphatic heterocycles. The number of rotatable bonds is 4. The molecule has 1 aromatic heterocycles. The quantitative estimate of drug-likeness (QED) is 0.847. The average Bonchev–Trinajstić information content (AvgIpc) is 2.87. The number of nitrogens with one attached hydrogen (secondary N) is 1. The predicted molar refractivity (Wildman–Crippen MR) is 66.1 cm³/mol. The predicted octanol–water partition coefficient (Wildman–Crippen LogP) is 4.03. The molecule has 0 amide bonds. The molecule has 0 bridgehead atoms. The van der Waals surface area contributed by atoms with Gasteiger partial charge in [-0.05, 0) is 37.7 Å². The van der Waals surface area contributed by atoms with Crippen molar-refractivity contribution < 1.29 is 17.6 Å². The van der Waals surface area contributed by atoms with Crippen LogP contribution in [0.25, 0.3) is 11.3 Å². The minimum atomic E-state index is -1.49. The van der Waals surface area contributed by atoms with Crippen LogP contribution in [-0.4, -0.2) is 7.05 Å². The topological polar surface area (TPSA) is 25.2 Å². The molecule has 19 heavy (non-hydrogen) atoms. The molecule has 0 aliphatic rings. The monoisotopic (exact) mass is 269 g/mol. The average molecular weight is 269 g/mol. The molecule has 0 spiro atoms. The first kappa shape index (κ1) is 13.7. The molecule has 0 saturated heterocycles. The maximum absolute atomic E-state index is 13.6. The summed E-state index contributed by atoms with van der Waals surface area (Å²) in [6.07, 6.45) is 0.795. The van der Waals surface area contributed by atoms with E-state index in [0.717, 1.165) is 18.6 Å². The standard InChI is InChI=1S/C14H14F3NO/c1-3-10(18-2)12-7-6-11(19-12)8-4-5-9(15)14(17)13(8)16/h4-7,10,18H,3H2,1-2H3. The molecule has 0 aliphatic carbocycles. The van der Waals surface area contributed by atoms with Crippen LogP contribution in [0.1, 0.15) is 25.1 Å². The van der Waals surface area contributed by atoms with Gasteiger partial charge in [0, 0.05) is 0 Å². The van der Waals surface area contributed by atoms with Gasteiger partial charge in [0.1, 0.15) is 11.5 Å². The smallest absolute Gasteiger partial charge is 0.195 e. The van der Waals surface area contributed by atoms with Crippen molar-refractivity contribution in [3.63, 3.8) is 0 Å². The molecule has 2 aromatic rings. The van der Waals surface area contributed by atoms with E-state index in [1.165, 1.54) is 0 Å². The Hall–Kier alpha value is -1.75. The van der Waals surface area contributed by atoms with E-state index in [0.29, 0.717) is 5.76 Å². The zero-order chi connectivity index (χ0) is 14.0. The Kier molecular flexibility index (Phi) is 3.95. The third-order valence-electron chi connectivity index (χ3n) is 3.03. The molecule has 102 valence electrons. The Morgan fingerprint density at radius 1 is 1.11 bits per heavy atom. The first-order valence-corrected chi connectivity index (χ1v) is 5.99. The maximum atomic E-state index is 13.6. The fourth-order valence-corrected chi connectivity index (χ4v) is 1.95. The first-order chi connectivity index (χ1) is 9.08. The summed E-state index contributed by atoms with van der Waals surface area (Å²) in [6, 6.07) is 5.29. The summed E-state index contributed by atoms with van der Waals surface area (Å²) in [6.45, 7) is 1.97. The van der Waals surface area contributed by atoms with Crippen LogP contribution in [0, 0.1) is 17.5 Å². The van der Waals surface area contributed by atoms with Crippen LogP contribution >= 0.6 is 0 Å². The molecule has 1 heterocycles. The second kappa shape index (κ2) is 5.48. The lowest BCUT2D eigenvalue weighted by Crippen LogP contribution is -2.14. The highest BCUT2D eigenvalue weighted by atomic mass is 19.2. The van der Waals surface area contributed by atoms with Crippen molar-refractivity contribution in [1.29, 1.82) is 0 Å². The van der Waals surface area contributed by atoms with Crippen molar-refractivity contribution in [3.8, 4) is 11.3 Å². The highest BCUT2D eigenvalue weighted by molar-refractivity contribution is 5.58. The second-order valence-electron chi connectivity index (χ2n) is 4.17. The number of benzene rings is 1. The maximum Gasteiger partial charge on any atom is 0.195 e. The molecule has 1 unspecified atom stereocenters. The zero-order valence-corrected chi connectivity index (χ0v) is 10.6. The van der Waals surface area contributed by atoms with Crippen LogP contribution in [0.2, 0.25) is 0 Å². The largest absolute Gasteiger partial charge is 0.459 e. The van der Waals surface area contributed by atoms with Crippen molar-refractivity contribution in [2.24, 2.45) is 0 Å². The summed E-state index contributed by atoms with van der Waals surface area (Å²) < 4.78 is 45.2. The van der Waals surface area contributed by atoms with Crippen molar-refractivity contribution >= 4 is 0 Å².